The molecule has 1 aliphatic rings. The van der Waals surface area contributed by atoms with Crippen LogP contribution in [-0.2, 0) is 6.54 Å². The Morgan fingerprint density at radius 2 is 1.90 bits per heavy atom. The number of benzene rings is 2. The zero-order valence-corrected chi connectivity index (χ0v) is 12.7. The third-order valence-corrected chi connectivity index (χ3v) is 3.83. The molecule has 21 heavy (non-hydrogen) atoms. The number of nitrogens with one attached hydrogen (secondary N) is 1. The van der Waals surface area contributed by atoms with Crippen LogP contribution in [0.25, 0.3) is 0 Å². The maximum absolute atomic E-state index is 14.1. The smallest absolute Gasteiger partial charge is 0.166 e. The molecule has 2 aromatic rings. The first kappa shape index (κ1) is 14.6. The highest BCUT2D eigenvalue weighted by molar-refractivity contribution is 6.34. The van der Waals surface area contributed by atoms with E-state index >= 15 is 0 Å². The molecule has 110 valence electrons. The lowest BCUT2D eigenvalue weighted by molar-refractivity contribution is 0.441. The van der Waals surface area contributed by atoms with Gasteiger partial charge in [-0.25, -0.2) is 4.39 Å². The van der Waals surface area contributed by atoms with Gasteiger partial charge in [0.05, 0.1) is 5.02 Å². The van der Waals surface area contributed by atoms with Crippen LogP contribution >= 0.6 is 23.2 Å². The molecule has 1 fully saturated rings. The summed E-state index contributed by atoms with van der Waals surface area (Å²) in [5.74, 6) is 0.0578. The van der Waals surface area contributed by atoms with Crippen LogP contribution < -0.4 is 10.1 Å². The average molecular weight is 326 g/mol. The third-order valence-electron chi connectivity index (χ3n) is 3.28. The van der Waals surface area contributed by atoms with Crippen molar-refractivity contribution in [1.29, 1.82) is 0 Å². The van der Waals surface area contributed by atoms with Crippen LogP contribution in [0.2, 0.25) is 10.0 Å². The Morgan fingerprint density at radius 3 is 2.62 bits per heavy atom. The summed E-state index contributed by atoms with van der Waals surface area (Å²) < 4.78 is 19.6. The first-order chi connectivity index (χ1) is 10.1. The normalized spacial score (nSPS) is 14.2. The van der Waals surface area contributed by atoms with Crippen LogP contribution in [0.3, 0.4) is 0 Å². The monoisotopic (exact) mass is 325 g/mol. The minimum Gasteiger partial charge on any atom is -0.453 e. The van der Waals surface area contributed by atoms with E-state index in [1.807, 2.05) is 6.07 Å². The molecule has 0 bridgehead atoms. The van der Waals surface area contributed by atoms with Crippen molar-refractivity contribution in [2.75, 3.05) is 0 Å². The maximum Gasteiger partial charge on any atom is 0.166 e. The second-order valence-corrected chi connectivity index (χ2v) is 5.94. The molecule has 0 saturated heterocycles. The molecule has 0 amide bonds. The van der Waals surface area contributed by atoms with Gasteiger partial charge in [-0.3, -0.25) is 0 Å². The van der Waals surface area contributed by atoms with Crippen molar-refractivity contribution in [2.24, 2.45) is 0 Å². The maximum atomic E-state index is 14.1. The Bertz CT molecular complexity index is 659. The van der Waals surface area contributed by atoms with E-state index in [0.717, 1.165) is 5.56 Å². The number of halogens is 3. The lowest BCUT2D eigenvalue weighted by Gasteiger charge is -2.10. The van der Waals surface area contributed by atoms with Gasteiger partial charge in [-0.05, 0) is 42.7 Å². The highest BCUT2D eigenvalue weighted by atomic mass is 35.5. The molecule has 0 aliphatic heterocycles. The van der Waals surface area contributed by atoms with E-state index in [2.05, 4.69) is 5.32 Å². The Labute approximate surface area is 132 Å². The average Bonchev–Trinajstić information content (AvgIpc) is 3.27. The summed E-state index contributed by atoms with van der Waals surface area (Å²) in [7, 11) is 0. The van der Waals surface area contributed by atoms with Gasteiger partial charge in [-0.15, -0.1) is 0 Å². The number of rotatable bonds is 5. The summed E-state index contributed by atoms with van der Waals surface area (Å²) >= 11 is 11.9. The number of ether oxygens (including phenoxy) is 1. The van der Waals surface area contributed by atoms with Crippen molar-refractivity contribution in [3.05, 3.63) is 57.8 Å². The van der Waals surface area contributed by atoms with Crippen molar-refractivity contribution in [3.8, 4) is 11.5 Å². The van der Waals surface area contributed by atoms with Crippen LogP contribution in [0.1, 0.15) is 18.4 Å². The first-order valence-electron chi connectivity index (χ1n) is 6.76. The lowest BCUT2D eigenvalue weighted by atomic mass is 10.2. The van der Waals surface area contributed by atoms with Gasteiger partial charge in [0.25, 0.3) is 0 Å². The number of hydrogen-bond acceptors (Lipinski definition) is 2. The molecular weight excluding hydrogens is 312 g/mol. The summed E-state index contributed by atoms with van der Waals surface area (Å²) in [6.45, 7) is 0.666. The summed E-state index contributed by atoms with van der Waals surface area (Å²) in [6.07, 6.45) is 2.41. The molecule has 5 heteroatoms. The van der Waals surface area contributed by atoms with Gasteiger partial charge in [-0.2, -0.15) is 0 Å². The number of hydrogen-bond donors (Lipinski definition) is 1. The zero-order chi connectivity index (χ0) is 14.8. The van der Waals surface area contributed by atoms with Crippen molar-refractivity contribution in [3.63, 3.8) is 0 Å². The minimum absolute atomic E-state index is 0.134. The minimum atomic E-state index is -0.416. The Morgan fingerprint density at radius 1 is 1.10 bits per heavy atom. The van der Waals surface area contributed by atoms with E-state index < -0.39 is 5.82 Å². The molecular formula is C16H14Cl2FNO. The molecule has 0 atom stereocenters. The van der Waals surface area contributed by atoms with Gasteiger partial charge in [-0.1, -0.05) is 29.3 Å². The van der Waals surface area contributed by atoms with Crippen LogP contribution in [0.15, 0.2) is 36.4 Å². The van der Waals surface area contributed by atoms with Gasteiger partial charge < -0.3 is 10.1 Å². The van der Waals surface area contributed by atoms with Crippen LogP contribution in [0.5, 0.6) is 11.5 Å². The fourth-order valence-electron chi connectivity index (χ4n) is 1.96. The van der Waals surface area contributed by atoms with Gasteiger partial charge >= 0.3 is 0 Å². The molecule has 2 nitrogen and oxygen atoms in total. The van der Waals surface area contributed by atoms with Crippen molar-refractivity contribution < 1.29 is 9.13 Å². The van der Waals surface area contributed by atoms with Gasteiger partial charge in [0.2, 0.25) is 0 Å². The van der Waals surface area contributed by atoms with E-state index in [4.69, 9.17) is 27.9 Å². The molecule has 0 spiro atoms. The molecule has 2 aromatic carbocycles. The second-order valence-electron chi connectivity index (χ2n) is 5.10. The van der Waals surface area contributed by atoms with Gasteiger partial charge in [0, 0.05) is 23.7 Å². The van der Waals surface area contributed by atoms with Crippen LogP contribution in [0, 0.1) is 5.82 Å². The van der Waals surface area contributed by atoms with E-state index in [1.165, 1.54) is 18.9 Å². The fraction of sp³-hybridized carbons (Fsp3) is 0.250. The third kappa shape index (κ3) is 3.88. The molecule has 1 saturated carbocycles. The highest BCUT2D eigenvalue weighted by Gasteiger charge is 2.20. The lowest BCUT2D eigenvalue weighted by Crippen LogP contribution is -2.15. The second kappa shape index (κ2) is 6.22. The fourth-order valence-corrected chi connectivity index (χ4v) is 2.28. The predicted molar refractivity (Wildman–Crippen MR) is 82.8 cm³/mol. The highest BCUT2D eigenvalue weighted by Crippen LogP contribution is 2.33. The van der Waals surface area contributed by atoms with Gasteiger partial charge in [0.1, 0.15) is 5.75 Å². The molecule has 0 unspecified atom stereocenters. The zero-order valence-electron chi connectivity index (χ0n) is 11.2. The Balaban J connectivity index is 1.74. The molecule has 1 aliphatic carbocycles. The predicted octanol–water partition coefficient (Wildman–Crippen LogP) is 5.18. The summed E-state index contributed by atoms with van der Waals surface area (Å²) in [6, 6.07) is 10.3. The molecule has 0 radical (unpaired) electrons. The Hall–Kier alpha value is -1.29. The van der Waals surface area contributed by atoms with Crippen LogP contribution in [0.4, 0.5) is 4.39 Å². The quantitative estimate of drug-likeness (QED) is 0.818. The largest absolute Gasteiger partial charge is 0.453 e. The summed E-state index contributed by atoms with van der Waals surface area (Å²) in [5, 5.41) is 4.21. The SMILES string of the molecule is Fc1cc(CNC2CC2)ccc1Oc1cc(Cl)ccc1Cl. The Kier molecular flexibility index (Phi) is 4.34. The van der Waals surface area contributed by atoms with Crippen molar-refractivity contribution in [1.82, 2.24) is 5.32 Å². The van der Waals surface area contributed by atoms with Gasteiger partial charge in [0.15, 0.2) is 11.6 Å². The van der Waals surface area contributed by atoms with Crippen molar-refractivity contribution in [2.45, 2.75) is 25.4 Å². The van der Waals surface area contributed by atoms with Crippen LogP contribution in [-0.4, -0.2) is 6.04 Å². The standard InChI is InChI=1S/C16H14Cl2FNO/c17-11-2-5-13(18)16(8-11)21-15-6-1-10(7-14(15)19)9-20-12-3-4-12/h1-2,5-8,12,20H,3-4,9H2. The van der Waals surface area contributed by atoms with E-state index in [9.17, 15) is 4.39 Å². The van der Waals surface area contributed by atoms with Crippen molar-refractivity contribution >= 4 is 23.2 Å². The molecule has 0 aromatic heterocycles. The molecule has 3 rings (SSSR count). The van der Waals surface area contributed by atoms with E-state index in [0.29, 0.717) is 28.4 Å². The molecule has 1 N–H and O–H groups in total. The molecule has 0 heterocycles. The first-order valence-corrected chi connectivity index (χ1v) is 7.52. The topological polar surface area (TPSA) is 21.3 Å². The summed E-state index contributed by atoms with van der Waals surface area (Å²) in [4.78, 5) is 0. The summed E-state index contributed by atoms with van der Waals surface area (Å²) in [5.41, 5.74) is 0.893. The van der Waals surface area contributed by atoms with E-state index in [1.54, 1.807) is 24.3 Å². The van der Waals surface area contributed by atoms with E-state index in [-0.39, 0.29) is 5.75 Å².